The molecule has 1 N–H and O–H groups in total. The van der Waals surface area contributed by atoms with Crippen LogP contribution in [-0.2, 0) is 10.0 Å². The highest BCUT2D eigenvalue weighted by Gasteiger charge is 2.43. The molecule has 0 bridgehead atoms. The zero-order valence-corrected chi connectivity index (χ0v) is 17.8. The number of rotatable bonds is 3. The van der Waals surface area contributed by atoms with E-state index in [-0.39, 0.29) is 16.3 Å². The summed E-state index contributed by atoms with van der Waals surface area (Å²) in [4.78, 5) is 14.4. The van der Waals surface area contributed by atoms with Crippen LogP contribution in [0.5, 0.6) is 5.75 Å². The Morgan fingerprint density at radius 3 is 2.57 bits per heavy atom. The molecule has 0 radical (unpaired) electrons. The Balaban J connectivity index is 1.76. The number of piperidine rings is 1. The van der Waals surface area contributed by atoms with Crippen LogP contribution in [0.25, 0.3) is 0 Å². The van der Waals surface area contributed by atoms with E-state index >= 15 is 0 Å². The number of para-hydroxylation sites is 1. The highest BCUT2D eigenvalue weighted by molar-refractivity contribution is 7.89. The number of fused-ring (bicyclic) bond motifs is 1. The summed E-state index contributed by atoms with van der Waals surface area (Å²) >= 11 is 0. The lowest BCUT2D eigenvalue weighted by Gasteiger charge is -2.44. The third-order valence-corrected chi connectivity index (χ3v) is 7.60. The minimum absolute atomic E-state index is 0.0411. The molecule has 0 unspecified atom stereocenters. The average molecular weight is 410 g/mol. The van der Waals surface area contributed by atoms with Crippen LogP contribution in [0, 0.1) is 11.3 Å². The number of carbonyl (C=O) groups excluding carboxylic acids is 1. The van der Waals surface area contributed by atoms with E-state index in [0.717, 1.165) is 12.8 Å². The zero-order valence-electron chi connectivity index (χ0n) is 17.0. The van der Waals surface area contributed by atoms with E-state index in [1.807, 2.05) is 11.8 Å². The van der Waals surface area contributed by atoms with Gasteiger partial charge in [0.25, 0.3) is 0 Å². The van der Waals surface area contributed by atoms with Gasteiger partial charge in [0.1, 0.15) is 10.6 Å². The third-order valence-electron chi connectivity index (χ3n) is 5.64. The van der Waals surface area contributed by atoms with Crippen molar-refractivity contribution in [2.75, 3.05) is 39.3 Å². The average Bonchev–Trinajstić information content (AvgIpc) is 2.68. The second kappa shape index (κ2) is 8.29. The van der Waals surface area contributed by atoms with Gasteiger partial charge in [0, 0.05) is 38.1 Å². The second-order valence-corrected chi connectivity index (χ2v) is 10.1. The van der Waals surface area contributed by atoms with E-state index in [4.69, 9.17) is 4.74 Å². The Morgan fingerprint density at radius 1 is 1.25 bits per heavy atom. The molecule has 1 saturated heterocycles. The Labute approximate surface area is 168 Å². The van der Waals surface area contributed by atoms with Gasteiger partial charge in [0.15, 0.2) is 0 Å². The summed E-state index contributed by atoms with van der Waals surface area (Å²) in [6.45, 7) is 9.14. The molecule has 2 aliphatic heterocycles. The Hall–Kier alpha value is -1.80. The maximum absolute atomic E-state index is 13.1. The van der Waals surface area contributed by atoms with E-state index in [2.05, 4.69) is 19.2 Å². The molecule has 1 aromatic carbocycles. The molecule has 1 spiro atoms. The Kier molecular flexibility index (Phi) is 6.19. The molecule has 2 heterocycles. The van der Waals surface area contributed by atoms with E-state index in [1.165, 1.54) is 0 Å². The van der Waals surface area contributed by atoms with Crippen LogP contribution in [0.15, 0.2) is 29.2 Å². The number of nitrogens with one attached hydrogen (secondary N) is 1. The van der Waals surface area contributed by atoms with Crippen molar-refractivity contribution in [2.45, 2.75) is 38.5 Å². The maximum Gasteiger partial charge on any atom is 0.317 e. The first-order chi connectivity index (χ1) is 13.3. The smallest absolute Gasteiger partial charge is 0.317 e. The van der Waals surface area contributed by atoms with Crippen molar-refractivity contribution >= 4 is 16.1 Å². The summed E-state index contributed by atoms with van der Waals surface area (Å²) < 4.78 is 33.8. The summed E-state index contributed by atoms with van der Waals surface area (Å²) in [6.07, 6.45) is 1.44. The SMILES string of the molecule is CCN1CC2(CCN(C(=O)NCC(C)C)CC2)COc2ccccc2S1(=O)=O. The van der Waals surface area contributed by atoms with Gasteiger partial charge in [0.2, 0.25) is 10.0 Å². The van der Waals surface area contributed by atoms with Gasteiger partial charge in [-0.25, -0.2) is 13.2 Å². The van der Waals surface area contributed by atoms with Crippen LogP contribution >= 0.6 is 0 Å². The molecular formula is C20H31N3O4S. The number of carbonyl (C=O) groups is 1. The van der Waals surface area contributed by atoms with Gasteiger partial charge in [-0.15, -0.1) is 0 Å². The van der Waals surface area contributed by atoms with Crippen LogP contribution in [0.1, 0.15) is 33.6 Å². The first-order valence-corrected chi connectivity index (χ1v) is 11.5. The lowest BCUT2D eigenvalue weighted by molar-refractivity contribution is 0.0462. The van der Waals surface area contributed by atoms with Crippen molar-refractivity contribution in [3.05, 3.63) is 24.3 Å². The van der Waals surface area contributed by atoms with Crippen molar-refractivity contribution in [2.24, 2.45) is 11.3 Å². The Bertz CT molecular complexity index is 801. The first kappa shape index (κ1) is 20.9. The monoisotopic (exact) mass is 409 g/mol. The van der Waals surface area contributed by atoms with E-state index in [9.17, 15) is 13.2 Å². The fourth-order valence-electron chi connectivity index (χ4n) is 3.83. The van der Waals surface area contributed by atoms with Crippen molar-refractivity contribution in [1.29, 1.82) is 0 Å². The number of amides is 2. The molecular weight excluding hydrogens is 378 g/mol. The van der Waals surface area contributed by atoms with Crippen LogP contribution in [-0.4, -0.2) is 63.0 Å². The number of nitrogens with zero attached hydrogens (tertiary/aromatic N) is 2. The Morgan fingerprint density at radius 2 is 1.93 bits per heavy atom. The number of sulfonamides is 1. The zero-order chi connectivity index (χ0) is 20.4. The molecule has 8 heteroatoms. The highest BCUT2D eigenvalue weighted by atomic mass is 32.2. The standard InChI is InChI=1S/C20H31N3O4S/c1-4-23-14-20(9-11-22(12-10-20)19(24)21-13-16(2)3)15-27-17-7-5-6-8-18(17)28(23,25)26/h5-8,16H,4,9-15H2,1-3H3,(H,21,24). The lowest BCUT2D eigenvalue weighted by atomic mass is 9.79. The molecule has 2 aliphatic rings. The van der Waals surface area contributed by atoms with Gasteiger partial charge in [-0.2, -0.15) is 4.31 Å². The van der Waals surface area contributed by atoms with Gasteiger partial charge in [0.05, 0.1) is 6.61 Å². The highest BCUT2D eigenvalue weighted by Crippen LogP contribution is 2.39. The lowest BCUT2D eigenvalue weighted by Crippen LogP contribution is -2.54. The van der Waals surface area contributed by atoms with E-state index < -0.39 is 10.0 Å². The predicted octanol–water partition coefficient (Wildman–Crippen LogP) is 2.54. The molecule has 156 valence electrons. The molecule has 1 aromatic rings. The number of hydrogen-bond acceptors (Lipinski definition) is 4. The molecule has 2 amide bonds. The summed E-state index contributed by atoms with van der Waals surface area (Å²) in [5, 5.41) is 2.96. The number of urea groups is 1. The van der Waals surface area contributed by atoms with Gasteiger partial charge in [-0.3, -0.25) is 0 Å². The summed E-state index contributed by atoms with van der Waals surface area (Å²) in [7, 11) is -3.60. The molecule has 1 fully saturated rings. The summed E-state index contributed by atoms with van der Waals surface area (Å²) in [6, 6.07) is 6.79. The second-order valence-electron chi connectivity index (χ2n) is 8.23. The molecule has 0 aliphatic carbocycles. The largest absolute Gasteiger partial charge is 0.492 e. The van der Waals surface area contributed by atoms with Gasteiger partial charge >= 0.3 is 6.03 Å². The maximum atomic E-state index is 13.1. The molecule has 0 aromatic heterocycles. The van der Waals surface area contributed by atoms with Crippen LogP contribution < -0.4 is 10.1 Å². The molecule has 0 atom stereocenters. The van der Waals surface area contributed by atoms with Crippen molar-refractivity contribution in [3.8, 4) is 5.75 Å². The van der Waals surface area contributed by atoms with Gasteiger partial charge in [-0.05, 0) is 30.9 Å². The normalized spacial score (nSPS) is 21.5. The molecule has 28 heavy (non-hydrogen) atoms. The minimum Gasteiger partial charge on any atom is -0.492 e. The topological polar surface area (TPSA) is 79.0 Å². The summed E-state index contributed by atoms with van der Waals surface area (Å²) in [5.41, 5.74) is -0.286. The summed E-state index contributed by atoms with van der Waals surface area (Å²) in [5.74, 6) is 0.819. The van der Waals surface area contributed by atoms with E-state index in [1.54, 1.807) is 28.6 Å². The minimum atomic E-state index is -3.60. The van der Waals surface area contributed by atoms with Gasteiger partial charge < -0.3 is 15.0 Å². The quantitative estimate of drug-likeness (QED) is 0.832. The number of benzene rings is 1. The van der Waals surface area contributed by atoms with Crippen LogP contribution in [0.3, 0.4) is 0 Å². The molecule has 3 rings (SSSR count). The van der Waals surface area contributed by atoms with Crippen molar-refractivity contribution in [1.82, 2.24) is 14.5 Å². The number of likely N-dealkylation sites (tertiary alicyclic amines) is 1. The van der Waals surface area contributed by atoms with Crippen LogP contribution in [0.4, 0.5) is 4.79 Å². The number of ether oxygens (including phenoxy) is 1. The molecule has 7 nitrogen and oxygen atoms in total. The van der Waals surface area contributed by atoms with Crippen molar-refractivity contribution < 1.29 is 17.9 Å². The van der Waals surface area contributed by atoms with Crippen molar-refractivity contribution in [3.63, 3.8) is 0 Å². The fraction of sp³-hybridized carbons (Fsp3) is 0.650. The third kappa shape index (κ3) is 4.27. The van der Waals surface area contributed by atoms with Crippen LogP contribution in [0.2, 0.25) is 0 Å². The van der Waals surface area contributed by atoms with Gasteiger partial charge in [-0.1, -0.05) is 32.9 Å². The molecule has 0 saturated carbocycles. The van der Waals surface area contributed by atoms with E-state index in [0.29, 0.717) is 51.0 Å². The number of hydrogen-bond donors (Lipinski definition) is 1. The fourth-order valence-corrected chi connectivity index (χ4v) is 5.52. The predicted molar refractivity (Wildman–Crippen MR) is 108 cm³/mol. The first-order valence-electron chi connectivity index (χ1n) is 10.0.